The Labute approximate surface area is 150 Å². The molecule has 1 atom stereocenters. The van der Waals surface area contributed by atoms with E-state index in [1.807, 2.05) is 0 Å². The van der Waals surface area contributed by atoms with Crippen LogP contribution in [-0.2, 0) is 0 Å². The third-order valence-corrected chi connectivity index (χ3v) is 3.98. The monoisotopic (exact) mass is 366 g/mol. The number of nitro groups is 1. The van der Waals surface area contributed by atoms with E-state index < -0.39 is 4.92 Å². The first kappa shape index (κ1) is 18.8. The second kappa shape index (κ2) is 8.54. The lowest BCUT2D eigenvalue weighted by atomic mass is 10.00. The molecule has 134 valence electrons. The van der Waals surface area contributed by atoms with Gasteiger partial charge in [-0.25, -0.2) is 4.68 Å². The Kier molecular flexibility index (Phi) is 6.43. The summed E-state index contributed by atoms with van der Waals surface area (Å²) in [5.74, 6) is 0.131. The van der Waals surface area contributed by atoms with Crippen LogP contribution in [0, 0.1) is 16.0 Å². The predicted octanol–water partition coefficient (Wildman–Crippen LogP) is 1.33. The van der Waals surface area contributed by atoms with Crippen molar-refractivity contribution in [3.05, 3.63) is 46.3 Å². The van der Waals surface area contributed by atoms with Gasteiger partial charge in [0.1, 0.15) is 0 Å². The molecule has 0 aliphatic carbocycles. The lowest BCUT2D eigenvalue weighted by Crippen LogP contribution is -2.38. The molecule has 1 aromatic heterocycles. The fourth-order valence-corrected chi connectivity index (χ4v) is 2.67. The minimum absolute atomic E-state index is 0. The summed E-state index contributed by atoms with van der Waals surface area (Å²) in [5, 5.41) is 24.7. The van der Waals surface area contributed by atoms with Gasteiger partial charge in [-0.3, -0.25) is 14.9 Å². The fourth-order valence-electron chi connectivity index (χ4n) is 2.67. The number of benzene rings is 1. The molecule has 2 aromatic rings. The van der Waals surface area contributed by atoms with Gasteiger partial charge in [0.25, 0.3) is 11.6 Å². The Morgan fingerprint density at radius 1 is 1.48 bits per heavy atom. The zero-order valence-corrected chi connectivity index (χ0v) is 14.2. The SMILES string of the molecule is Cl.O=C(NCC1CCCNC1)c1cn(-c2cccc([N+](=O)[O-])c2)nn1. The summed E-state index contributed by atoms with van der Waals surface area (Å²) in [4.78, 5) is 22.5. The molecule has 2 heterocycles. The van der Waals surface area contributed by atoms with Crippen LogP contribution in [0.1, 0.15) is 23.3 Å². The molecular weight excluding hydrogens is 348 g/mol. The number of carbonyl (C=O) groups excluding carboxylic acids is 1. The summed E-state index contributed by atoms with van der Waals surface area (Å²) in [7, 11) is 0. The summed E-state index contributed by atoms with van der Waals surface area (Å²) in [6.45, 7) is 2.53. The second-order valence-electron chi connectivity index (χ2n) is 5.75. The highest BCUT2D eigenvalue weighted by Crippen LogP contribution is 2.16. The van der Waals surface area contributed by atoms with Crippen molar-refractivity contribution in [1.82, 2.24) is 25.6 Å². The number of non-ortho nitro benzene ring substituents is 1. The van der Waals surface area contributed by atoms with E-state index in [-0.39, 0.29) is 29.7 Å². The van der Waals surface area contributed by atoms with Crippen molar-refractivity contribution >= 4 is 24.0 Å². The first-order chi connectivity index (χ1) is 11.6. The second-order valence-corrected chi connectivity index (χ2v) is 5.75. The molecule has 1 aliphatic rings. The van der Waals surface area contributed by atoms with Crippen molar-refractivity contribution < 1.29 is 9.72 Å². The predicted molar refractivity (Wildman–Crippen MR) is 93.2 cm³/mol. The van der Waals surface area contributed by atoms with Crippen LogP contribution in [0.15, 0.2) is 30.5 Å². The first-order valence-corrected chi connectivity index (χ1v) is 7.79. The van der Waals surface area contributed by atoms with E-state index in [9.17, 15) is 14.9 Å². The Balaban J connectivity index is 0.00000225. The van der Waals surface area contributed by atoms with E-state index >= 15 is 0 Å². The average Bonchev–Trinajstić information content (AvgIpc) is 3.11. The van der Waals surface area contributed by atoms with Gasteiger partial charge in [0.15, 0.2) is 5.69 Å². The lowest BCUT2D eigenvalue weighted by Gasteiger charge is -2.22. The van der Waals surface area contributed by atoms with Gasteiger partial charge < -0.3 is 10.6 Å². The summed E-state index contributed by atoms with van der Waals surface area (Å²) in [6, 6.07) is 6.00. The molecule has 0 bridgehead atoms. The van der Waals surface area contributed by atoms with Crippen LogP contribution in [0.5, 0.6) is 0 Å². The van der Waals surface area contributed by atoms with E-state index in [2.05, 4.69) is 20.9 Å². The number of nitrogens with one attached hydrogen (secondary N) is 2. The minimum Gasteiger partial charge on any atom is -0.350 e. The number of nitro benzene ring substituents is 1. The van der Waals surface area contributed by atoms with Gasteiger partial charge in [0.2, 0.25) is 0 Å². The van der Waals surface area contributed by atoms with Gasteiger partial charge in [-0.2, -0.15) is 0 Å². The van der Waals surface area contributed by atoms with Gasteiger partial charge in [-0.1, -0.05) is 11.3 Å². The summed E-state index contributed by atoms with van der Waals surface area (Å²) < 4.78 is 1.35. The molecule has 1 amide bonds. The van der Waals surface area contributed by atoms with E-state index in [4.69, 9.17) is 0 Å². The van der Waals surface area contributed by atoms with E-state index in [1.54, 1.807) is 12.1 Å². The van der Waals surface area contributed by atoms with Gasteiger partial charge in [0, 0.05) is 18.7 Å². The molecule has 1 aliphatic heterocycles. The van der Waals surface area contributed by atoms with Crippen LogP contribution in [0.3, 0.4) is 0 Å². The molecule has 2 N–H and O–H groups in total. The number of halogens is 1. The number of carbonyl (C=O) groups is 1. The molecule has 1 aromatic carbocycles. The van der Waals surface area contributed by atoms with Crippen molar-refractivity contribution in [2.24, 2.45) is 5.92 Å². The lowest BCUT2D eigenvalue weighted by molar-refractivity contribution is -0.384. The summed E-state index contributed by atoms with van der Waals surface area (Å²) in [6.07, 6.45) is 3.67. The Hall–Kier alpha value is -2.52. The third-order valence-electron chi connectivity index (χ3n) is 3.98. The molecule has 9 nitrogen and oxygen atoms in total. The van der Waals surface area contributed by atoms with Crippen LogP contribution >= 0.6 is 12.4 Å². The molecule has 0 saturated carbocycles. The first-order valence-electron chi connectivity index (χ1n) is 7.79. The van der Waals surface area contributed by atoms with Crippen LogP contribution in [0.2, 0.25) is 0 Å². The van der Waals surface area contributed by atoms with Crippen LogP contribution in [-0.4, -0.2) is 45.5 Å². The molecule has 0 radical (unpaired) electrons. The molecule has 3 rings (SSSR count). The van der Waals surface area contributed by atoms with Gasteiger partial charge in [0.05, 0.1) is 16.8 Å². The molecule has 1 saturated heterocycles. The van der Waals surface area contributed by atoms with Crippen molar-refractivity contribution in [2.75, 3.05) is 19.6 Å². The van der Waals surface area contributed by atoms with Crippen LogP contribution < -0.4 is 10.6 Å². The molecule has 25 heavy (non-hydrogen) atoms. The van der Waals surface area contributed by atoms with E-state index in [0.717, 1.165) is 25.9 Å². The van der Waals surface area contributed by atoms with Crippen molar-refractivity contribution in [2.45, 2.75) is 12.8 Å². The standard InChI is InChI=1S/C15H18N6O3.ClH/c22-15(17-9-11-3-2-6-16-8-11)14-10-20(19-18-14)12-4-1-5-13(7-12)21(23)24;/h1,4-5,7,10-11,16H,2-3,6,8-9H2,(H,17,22);1H. The fraction of sp³-hybridized carbons (Fsp3) is 0.400. The van der Waals surface area contributed by atoms with Gasteiger partial charge in [-0.05, 0) is 37.9 Å². The number of hydrogen-bond acceptors (Lipinski definition) is 6. The van der Waals surface area contributed by atoms with Crippen LogP contribution in [0.4, 0.5) is 5.69 Å². The number of aromatic nitrogens is 3. The molecule has 1 unspecified atom stereocenters. The Morgan fingerprint density at radius 2 is 2.32 bits per heavy atom. The highest BCUT2D eigenvalue weighted by Gasteiger charge is 2.17. The highest BCUT2D eigenvalue weighted by atomic mass is 35.5. The smallest absolute Gasteiger partial charge is 0.273 e. The maximum Gasteiger partial charge on any atom is 0.273 e. The Morgan fingerprint density at radius 3 is 3.04 bits per heavy atom. The summed E-state index contributed by atoms with van der Waals surface area (Å²) >= 11 is 0. The molecule has 0 spiro atoms. The maximum atomic E-state index is 12.2. The molecular formula is C15H19ClN6O3. The number of piperidine rings is 1. The topological polar surface area (TPSA) is 115 Å². The van der Waals surface area contributed by atoms with E-state index in [1.165, 1.54) is 23.0 Å². The molecule has 10 heteroatoms. The van der Waals surface area contributed by atoms with Crippen molar-refractivity contribution in [1.29, 1.82) is 0 Å². The summed E-state index contributed by atoms with van der Waals surface area (Å²) in [5.41, 5.74) is 0.622. The number of hydrogen-bond donors (Lipinski definition) is 2. The van der Waals surface area contributed by atoms with Gasteiger partial charge >= 0.3 is 0 Å². The number of amides is 1. The van der Waals surface area contributed by atoms with Crippen molar-refractivity contribution in [3.8, 4) is 5.69 Å². The Bertz CT molecular complexity index is 744. The number of rotatable bonds is 5. The average molecular weight is 367 g/mol. The number of nitrogens with zero attached hydrogens (tertiary/aromatic N) is 4. The normalized spacial score (nSPS) is 16.7. The zero-order valence-electron chi connectivity index (χ0n) is 13.4. The third kappa shape index (κ3) is 4.74. The largest absolute Gasteiger partial charge is 0.350 e. The quantitative estimate of drug-likeness (QED) is 0.609. The minimum atomic E-state index is -0.480. The van der Waals surface area contributed by atoms with E-state index in [0.29, 0.717) is 18.2 Å². The van der Waals surface area contributed by atoms with Gasteiger partial charge in [-0.15, -0.1) is 17.5 Å². The molecule has 1 fully saturated rings. The highest BCUT2D eigenvalue weighted by molar-refractivity contribution is 5.91. The van der Waals surface area contributed by atoms with Crippen molar-refractivity contribution in [3.63, 3.8) is 0 Å². The zero-order chi connectivity index (χ0) is 16.9. The maximum absolute atomic E-state index is 12.2. The van der Waals surface area contributed by atoms with Crippen LogP contribution in [0.25, 0.3) is 5.69 Å².